The van der Waals surface area contributed by atoms with Crippen molar-refractivity contribution >= 4 is 27.3 Å². The number of ketones is 1. The van der Waals surface area contributed by atoms with Crippen molar-refractivity contribution in [3.8, 4) is 5.88 Å². The maximum atomic E-state index is 13.1. The molecule has 6 heteroatoms. The van der Waals surface area contributed by atoms with Crippen LogP contribution >= 0.6 is 11.3 Å². The average molecular weight is 460 g/mol. The van der Waals surface area contributed by atoms with Crippen LogP contribution in [0, 0.1) is 19.8 Å². The molecule has 170 valence electrons. The Balaban J connectivity index is 1.32. The molecular weight excluding hydrogens is 430 g/mol. The number of benzene rings is 1. The van der Waals surface area contributed by atoms with Crippen LogP contribution in [0.2, 0.25) is 0 Å². The summed E-state index contributed by atoms with van der Waals surface area (Å²) in [6.07, 6.45) is 5.76. The van der Waals surface area contributed by atoms with Gasteiger partial charge in [-0.1, -0.05) is 37.3 Å². The van der Waals surface area contributed by atoms with Gasteiger partial charge in [-0.3, -0.25) is 4.79 Å². The van der Waals surface area contributed by atoms with E-state index in [-0.39, 0.29) is 12.4 Å². The van der Waals surface area contributed by atoms with Gasteiger partial charge >= 0.3 is 0 Å². The maximum Gasteiger partial charge on any atom is 0.226 e. The lowest BCUT2D eigenvalue weighted by molar-refractivity contribution is 0.0918. The molecule has 0 saturated carbocycles. The molecule has 0 aliphatic heterocycles. The lowest BCUT2D eigenvalue weighted by Gasteiger charge is -2.18. The standard InChI is InChI=1S/C27H29N3O2S/c1-17-9-10-21-24(13-17)33-27-25(21)26(28-16-29-27)32-15-23(31)22-14-18(2)30(19(22)3)12-11-20-7-5-4-6-8-20/h4-8,14,16-17H,9-13,15H2,1-3H3/t17-/m0/s1. The second-order valence-corrected chi connectivity index (χ2v) is 10.2. The summed E-state index contributed by atoms with van der Waals surface area (Å²) in [7, 11) is 0. The molecule has 3 heterocycles. The zero-order valence-electron chi connectivity index (χ0n) is 19.4. The highest BCUT2D eigenvalue weighted by molar-refractivity contribution is 7.18. The van der Waals surface area contributed by atoms with Crippen molar-refractivity contribution in [2.45, 2.75) is 53.0 Å². The Morgan fingerprint density at radius 2 is 2.03 bits per heavy atom. The van der Waals surface area contributed by atoms with Gasteiger partial charge in [0.05, 0.1) is 5.39 Å². The number of aromatic nitrogens is 3. The van der Waals surface area contributed by atoms with Gasteiger partial charge in [-0.05, 0) is 62.6 Å². The summed E-state index contributed by atoms with van der Waals surface area (Å²) in [6, 6.07) is 12.4. The van der Waals surface area contributed by atoms with Crippen molar-refractivity contribution in [1.29, 1.82) is 0 Å². The van der Waals surface area contributed by atoms with E-state index in [1.54, 1.807) is 17.7 Å². The third-order valence-electron chi connectivity index (χ3n) is 6.74. The van der Waals surface area contributed by atoms with E-state index in [2.05, 4.69) is 52.6 Å². The van der Waals surface area contributed by atoms with Crippen LogP contribution in [-0.2, 0) is 25.8 Å². The summed E-state index contributed by atoms with van der Waals surface area (Å²) in [4.78, 5) is 24.3. The maximum absolute atomic E-state index is 13.1. The van der Waals surface area contributed by atoms with Crippen LogP contribution in [0.3, 0.4) is 0 Å². The van der Waals surface area contributed by atoms with E-state index in [1.165, 1.54) is 22.4 Å². The summed E-state index contributed by atoms with van der Waals surface area (Å²) in [5.74, 6) is 1.22. The van der Waals surface area contributed by atoms with Gasteiger partial charge in [0.1, 0.15) is 11.2 Å². The Hall–Kier alpha value is -2.99. The van der Waals surface area contributed by atoms with Crippen LogP contribution < -0.4 is 4.74 Å². The number of Topliss-reactive ketones (excluding diaryl/α,β-unsaturated/α-hetero) is 1. The quantitative estimate of drug-likeness (QED) is 0.331. The van der Waals surface area contributed by atoms with Crippen molar-refractivity contribution in [3.63, 3.8) is 0 Å². The van der Waals surface area contributed by atoms with Crippen molar-refractivity contribution in [3.05, 3.63) is 75.7 Å². The molecule has 0 bridgehead atoms. The molecule has 1 atom stereocenters. The fourth-order valence-electron chi connectivity index (χ4n) is 4.88. The zero-order chi connectivity index (χ0) is 22.9. The largest absolute Gasteiger partial charge is 0.469 e. The van der Waals surface area contributed by atoms with E-state index in [4.69, 9.17) is 4.74 Å². The highest BCUT2D eigenvalue weighted by atomic mass is 32.1. The van der Waals surface area contributed by atoms with E-state index in [9.17, 15) is 4.79 Å². The van der Waals surface area contributed by atoms with Gasteiger partial charge in [0.25, 0.3) is 0 Å². The fraction of sp³-hybridized carbons (Fsp3) is 0.370. The zero-order valence-corrected chi connectivity index (χ0v) is 20.2. The second kappa shape index (κ2) is 9.10. The Labute approximate surface area is 198 Å². The topological polar surface area (TPSA) is 57.0 Å². The number of fused-ring (bicyclic) bond motifs is 3. The first-order chi connectivity index (χ1) is 16.0. The molecule has 1 aliphatic rings. The van der Waals surface area contributed by atoms with E-state index in [0.717, 1.165) is 53.0 Å². The Bertz CT molecular complexity index is 1310. The smallest absolute Gasteiger partial charge is 0.226 e. The second-order valence-electron chi connectivity index (χ2n) is 9.09. The summed E-state index contributed by atoms with van der Waals surface area (Å²) < 4.78 is 8.24. The van der Waals surface area contributed by atoms with E-state index in [1.807, 2.05) is 19.1 Å². The molecular formula is C27H29N3O2S. The van der Waals surface area contributed by atoms with Gasteiger partial charge in [0.2, 0.25) is 11.7 Å². The van der Waals surface area contributed by atoms with Crippen molar-refractivity contribution in [1.82, 2.24) is 14.5 Å². The Morgan fingerprint density at radius 3 is 2.85 bits per heavy atom. The fourth-order valence-corrected chi connectivity index (χ4v) is 6.22. The molecule has 5 rings (SSSR count). The first kappa shape index (κ1) is 21.8. The van der Waals surface area contributed by atoms with Crippen LogP contribution in [-0.4, -0.2) is 26.9 Å². The minimum Gasteiger partial charge on any atom is -0.469 e. The molecule has 0 saturated heterocycles. The van der Waals surface area contributed by atoms with Crippen LogP contribution in [0.15, 0.2) is 42.7 Å². The Kier molecular flexibility index (Phi) is 6.02. The van der Waals surface area contributed by atoms with Gasteiger partial charge in [-0.15, -0.1) is 11.3 Å². The SMILES string of the molecule is Cc1cc(C(=O)COc2ncnc3sc4c(c23)CC[C@H](C)C4)c(C)n1CCc1ccccc1. The number of hydrogen-bond acceptors (Lipinski definition) is 5. The number of thiophene rings is 1. The van der Waals surface area contributed by atoms with Crippen LogP contribution in [0.5, 0.6) is 5.88 Å². The highest BCUT2D eigenvalue weighted by Gasteiger charge is 2.24. The van der Waals surface area contributed by atoms with Crippen LogP contribution in [0.25, 0.3) is 10.2 Å². The number of carbonyl (C=O) groups excluding carboxylic acids is 1. The van der Waals surface area contributed by atoms with E-state index in [0.29, 0.717) is 11.8 Å². The number of carbonyl (C=O) groups is 1. The lowest BCUT2D eigenvalue weighted by Crippen LogP contribution is -2.14. The minimum absolute atomic E-state index is 0.0152. The van der Waals surface area contributed by atoms with Crippen molar-refractivity contribution in [2.75, 3.05) is 6.61 Å². The van der Waals surface area contributed by atoms with Crippen LogP contribution in [0.4, 0.5) is 0 Å². The Morgan fingerprint density at radius 1 is 1.21 bits per heavy atom. The minimum atomic E-state index is -0.0177. The predicted molar refractivity (Wildman–Crippen MR) is 132 cm³/mol. The van der Waals surface area contributed by atoms with Crippen molar-refractivity contribution in [2.24, 2.45) is 5.92 Å². The van der Waals surface area contributed by atoms with Gasteiger partial charge in [-0.25, -0.2) is 9.97 Å². The van der Waals surface area contributed by atoms with Gasteiger partial charge in [0, 0.05) is 28.4 Å². The third-order valence-corrected chi connectivity index (χ3v) is 7.90. The normalized spacial score (nSPS) is 15.5. The number of nitrogens with zero attached hydrogens (tertiary/aromatic N) is 3. The van der Waals surface area contributed by atoms with E-state index >= 15 is 0 Å². The number of aryl methyl sites for hydroxylation is 3. The first-order valence-corrected chi connectivity index (χ1v) is 12.4. The number of hydrogen-bond donors (Lipinski definition) is 0. The monoisotopic (exact) mass is 459 g/mol. The molecule has 4 aromatic rings. The summed E-state index contributed by atoms with van der Waals surface area (Å²) in [6.45, 7) is 7.20. The summed E-state index contributed by atoms with van der Waals surface area (Å²) in [5, 5.41) is 1.01. The van der Waals surface area contributed by atoms with E-state index < -0.39 is 0 Å². The third kappa shape index (κ3) is 4.32. The molecule has 1 aliphatic carbocycles. The van der Waals surface area contributed by atoms with Crippen LogP contribution in [0.1, 0.15) is 51.1 Å². The molecule has 1 aromatic carbocycles. The molecule has 0 N–H and O–H groups in total. The molecule has 0 unspecified atom stereocenters. The molecule has 0 radical (unpaired) electrons. The highest BCUT2D eigenvalue weighted by Crippen LogP contribution is 2.40. The number of rotatable bonds is 7. The van der Waals surface area contributed by atoms with Gasteiger partial charge in [-0.2, -0.15) is 0 Å². The van der Waals surface area contributed by atoms with Gasteiger partial charge < -0.3 is 9.30 Å². The lowest BCUT2D eigenvalue weighted by atomic mass is 9.89. The number of ether oxygens (including phenoxy) is 1. The molecule has 0 fully saturated rings. The van der Waals surface area contributed by atoms with Crippen molar-refractivity contribution < 1.29 is 9.53 Å². The van der Waals surface area contributed by atoms with Gasteiger partial charge in [0.15, 0.2) is 6.61 Å². The summed E-state index contributed by atoms with van der Waals surface area (Å²) in [5.41, 5.74) is 5.42. The molecule has 3 aromatic heterocycles. The molecule has 33 heavy (non-hydrogen) atoms. The summed E-state index contributed by atoms with van der Waals surface area (Å²) >= 11 is 1.74. The average Bonchev–Trinajstić information content (AvgIpc) is 3.33. The predicted octanol–water partition coefficient (Wildman–Crippen LogP) is 5.74. The molecule has 0 spiro atoms. The molecule has 0 amide bonds. The first-order valence-electron chi connectivity index (χ1n) is 11.6. The molecule has 5 nitrogen and oxygen atoms in total.